The zero-order valence-electron chi connectivity index (χ0n) is 17.0. The Morgan fingerprint density at radius 1 is 1.13 bits per heavy atom. The van der Waals surface area contributed by atoms with Gasteiger partial charge in [-0.25, -0.2) is 4.52 Å². The van der Waals surface area contributed by atoms with Crippen molar-refractivity contribution in [2.75, 3.05) is 18.4 Å². The molecule has 2 aliphatic rings. The molecule has 2 bridgehead atoms. The molecule has 1 unspecified atom stereocenters. The Morgan fingerprint density at radius 3 is 2.57 bits per heavy atom. The molecule has 2 aromatic heterocycles. The van der Waals surface area contributed by atoms with Crippen LogP contribution in [-0.2, 0) is 0 Å². The SMILES string of the molecule is CC(N)=CC(=S)N1C[C@H]2CC[C@@H](C1)C2Nc1nc2c(-c3ccccc3)cccn2n1. The number of allylic oxidation sites excluding steroid dienone is 1. The van der Waals surface area contributed by atoms with Gasteiger partial charge in [0, 0.05) is 36.6 Å². The Bertz CT molecular complexity index is 1090. The second-order valence-corrected chi connectivity index (χ2v) is 8.81. The standard InChI is InChI=1S/C23H26N6S/c1-15(24)12-20(30)28-13-17-9-10-18(14-28)21(17)25-23-26-22-19(8-5-11-29(22)27-23)16-6-3-2-4-7-16/h2-8,11-12,17-18,21H,9-10,13-14,24H2,1H3,(H,25,27)/t17-,18+,21?. The van der Waals surface area contributed by atoms with E-state index >= 15 is 0 Å². The van der Waals surface area contributed by atoms with Crippen LogP contribution in [0.15, 0.2) is 60.4 Å². The molecule has 3 N–H and O–H groups in total. The maximum absolute atomic E-state index is 5.82. The highest BCUT2D eigenvalue weighted by molar-refractivity contribution is 7.80. The summed E-state index contributed by atoms with van der Waals surface area (Å²) in [7, 11) is 0. The van der Waals surface area contributed by atoms with E-state index in [9.17, 15) is 0 Å². The Hall–Kier alpha value is -2.93. The minimum absolute atomic E-state index is 0.379. The number of hydrogen-bond acceptors (Lipinski definition) is 5. The summed E-state index contributed by atoms with van der Waals surface area (Å²) in [5.41, 5.74) is 9.69. The molecule has 6 nitrogen and oxygen atoms in total. The molecule has 1 aliphatic heterocycles. The van der Waals surface area contributed by atoms with E-state index in [0.29, 0.717) is 23.8 Å². The molecule has 3 heterocycles. The minimum atomic E-state index is 0.379. The van der Waals surface area contributed by atoms with Crippen LogP contribution in [0.25, 0.3) is 16.8 Å². The van der Waals surface area contributed by atoms with E-state index in [1.54, 1.807) is 0 Å². The van der Waals surface area contributed by atoms with Gasteiger partial charge in [0.1, 0.15) is 4.99 Å². The monoisotopic (exact) mass is 418 g/mol. The van der Waals surface area contributed by atoms with Gasteiger partial charge < -0.3 is 16.0 Å². The number of pyridine rings is 1. The zero-order valence-corrected chi connectivity index (χ0v) is 17.8. The number of hydrogen-bond donors (Lipinski definition) is 2. The summed E-state index contributed by atoms with van der Waals surface area (Å²) in [4.78, 5) is 8.00. The molecular formula is C23H26N6S. The van der Waals surface area contributed by atoms with Gasteiger partial charge in [-0.1, -0.05) is 42.5 Å². The Labute approximate surface area is 181 Å². The van der Waals surface area contributed by atoms with E-state index in [0.717, 1.165) is 40.5 Å². The van der Waals surface area contributed by atoms with Crippen molar-refractivity contribution in [2.24, 2.45) is 17.6 Å². The zero-order chi connectivity index (χ0) is 20.7. The Kier molecular flexibility index (Phi) is 4.90. The average Bonchev–Trinajstić information content (AvgIpc) is 3.24. The van der Waals surface area contributed by atoms with Gasteiger partial charge in [-0.15, -0.1) is 5.10 Å². The molecule has 0 amide bonds. The molecule has 2 fully saturated rings. The number of likely N-dealkylation sites (tertiary alicyclic amines) is 1. The minimum Gasteiger partial charge on any atom is -0.402 e. The van der Waals surface area contributed by atoms with E-state index in [1.165, 1.54) is 12.8 Å². The number of aromatic nitrogens is 3. The summed E-state index contributed by atoms with van der Waals surface area (Å²) in [6.07, 6.45) is 6.26. The molecule has 30 heavy (non-hydrogen) atoms. The molecule has 1 aliphatic carbocycles. The first-order valence-electron chi connectivity index (χ1n) is 10.5. The van der Waals surface area contributed by atoms with Crippen molar-refractivity contribution >= 4 is 28.8 Å². The van der Waals surface area contributed by atoms with Gasteiger partial charge in [0.15, 0.2) is 5.65 Å². The number of fused-ring (bicyclic) bond motifs is 3. The van der Waals surface area contributed by atoms with Gasteiger partial charge in [-0.3, -0.25) is 0 Å². The fourth-order valence-corrected chi connectivity index (χ4v) is 5.22. The molecule has 0 spiro atoms. The number of nitrogens with one attached hydrogen (secondary N) is 1. The quantitative estimate of drug-likeness (QED) is 0.497. The number of thiocarbonyl (C=S) groups is 1. The first-order valence-corrected chi connectivity index (χ1v) is 10.9. The van der Waals surface area contributed by atoms with Crippen LogP contribution in [0.3, 0.4) is 0 Å². The first kappa shape index (κ1) is 19.1. The van der Waals surface area contributed by atoms with Gasteiger partial charge in [-0.05, 0) is 55.4 Å². The smallest absolute Gasteiger partial charge is 0.243 e. The second kappa shape index (κ2) is 7.72. The van der Waals surface area contributed by atoms with Crippen molar-refractivity contribution in [3.8, 4) is 11.1 Å². The average molecular weight is 419 g/mol. The van der Waals surface area contributed by atoms with Gasteiger partial charge in [0.05, 0.1) is 0 Å². The van der Waals surface area contributed by atoms with Crippen LogP contribution in [0, 0.1) is 11.8 Å². The maximum atomic E-state index is 5.82. The molecule has 0 radical (unpaired) electrons. The largest absolute Gasteiger partial charge is 0.402 e. The Morgan fingerprint density at radius 2 is 1.87 bits per heavy atom. The van der Waals surface area contributed by atoms with Gasteiger partial charge >= 0.3 is 0 Å². The summed E-state index contributed by atoms with van der Waals surface area (Å²) in [5.74, 6) is 1.77. The lowest BCUT2D eigenvalue weighted by Gasteiger charge is -2.39. The van der Waals surface area contributed by atoms with Crippen LogP contribution in [0.1, 0.15) is 19.8 Å². The molecule has 3 aromatic rings. The predicted molar refractivity (Wildman–Crippen MR) is 124 cm³/mol. The highest BCUT2D eigenvalue weighted by Gasteiger charge is 2.42. The predicted octanol–water partition coefficient (Wildman–Crippen LogP) is 3.71. The molecule has 1 saturated carbocycles. The Balaban J connectivity index is 1.37. The van der Waals surface area contributed by atoms with Crippen molar-refractivity contribution in [3.63, 3.8) is 0 Å². The van der Waals surface area contributed by atoms with Crippen molar-refractivity contribution in [3.05, 3.63) is 60.4 Å². The topological polar surface area (TPSA) is 71.5 Å². The van der Waals surface area contributed by atoms with E-state index < -0.39 is 0 Å². The lowest BCUT2D eigenvalue weighted by Crippen LogP contribution is -2.49. The van der Waals surface area contributed by atoms with Crippen molar-refractivity contribution in [1.29, 1.82) is 0 Å². The first-order chi connectivity index (χ1) is 14.6. The molecule has 3 atom stereocenters. The van der Waals surface area contributed by atoms with E-state index in [-0.39, 0.29) is 0 Å². The van der Waals surface area contributed by atoms with Gasteiger partial charge in [0.25, 0.3) is 0 Å². The summed E-state index contributed by atoms with van der Waals surface area (Å²) >= 11 is 5.58. The summed E-state index contributed by atoms with van der Waals surface area (Å²) in [6.45, 7) is 3.80. The van der Waals surface area contributed by atoms with Gasteiger partial charge in [0.2, 0.25) is 5.95 Å². The molecular weight excluding hydrogens is 392 g/mol. The maximum Gasteiger partial charge on any atom is 0.243 e. The number of nitrogens with two attached hydrogens (primary N) is 1. The highest BCUT2D eigenvalue weighted by Crippen LogP contribution is 2.38. The van der Waals surface area contributed by atoms with Crippen LogP contribution in [0.2, 0.25) is 0 Å². The van der Waals surface area contributed by atoms with Crippen LogP contribution in [0.5, 0.6) is 0 Å². The number of benzene rings is 1. The fraction of sp³-hybridized carbons (Fsp3) is 0.348. The van der Waals surface area contributed by atoms with Crippen LogP contribution < -0.4 is 11.1 Å². The lowest BCUT2D eigenvalue weighted by atomic mass is 9.92. The summed E-state index contributed by atoms with van der Waals surface area (Å²) < 4.78 is 1.87. The number of piperidine rings is 1. The second-order valence-electron chi connectivity index (χ2n) is 8.39. The molecule has 154 valence electrons. The molecule has 5 rings (SSSR count). The third-order valence-electron chi connectivity index (χ3n) is 6.24. The van der Waals surface area contributed by atoms with E-state index in [1.807, 2.05) is 48.0 Å². The molecule has 1 aromatic carbocycles. The third-order valence-corrected chi connectivity index (χ3v) is 6.62. The highest BCUT2D eigenvalue weighted by atomic mass is 32.1. The van der Waals surface area contributed by atoms with Crippen molar-refractivity contribution in [2.45, 2.75) is 25.8 Å². The number of rotatable bonds is 4. The third kappa shape index (κ3) is 3.54. The fourth-order valence-electron chi connectivity index (χ4n) is 4.88. The molecule has 7 heteroatoms. The van der Waals surface area contributed by atoms with E-state index in [4.69, 9.17) is 28.0 Å². The van der Waals surface area contributed by atoms with Crippen molar-refractivity contribution < 1.29 is 0 Å². The normalized spacial score (nSPS) is 23.7. The number of anilines is 1. The van der Waals surface area contributed by atoms with Gasteiger partial charge in [-0.2, -0.15) is 4.98 Å². The number of nitrogens with zero attached hydrogens (tertiary/aromatic N) is 4. The van der Waals surface area contributed by atoms with Crippen molar-refractivity contribution in [1.82, 2.24) is 19.5 Å². The van der Waals surface area contributed by atoms with Crippen LogP contribution in [0.4, 0.5) is 5.95 Å². The van der Waals surface area contributed by atoms with E-state index in [2.05, 4.69) is 28.4 Å². The summed E-state index contributed by atoms with van der Waals surface area (Å²) in [5, 5.41) is 8.37. The van der Waals surface area contributed by atoms with Crippen LogP contribution >= 0.6 is 12.2 Å². The van der Waals surface area contributed by atoms with Crippen LogP contribution in [-0.4, -0.2) is 43.6 Å². The lowest BCUT2D eigenvalue weighted by molar-refractivity contribution is 0.234. The summed E-state index contributed by atoms with van der Waals surface area (Å²) in [6, 6.07) is 14.8. The molecule has 1 saturated heterocycles.